The minimum Gasteiger partial charge on any atom is -0.314 e. The van der Waals surface area contributed by atoms with E-state index in [1.807, 2.05) is 12.1 Å². The Hall–Kier alpha value is -1.35. The van der Waals surface area contributed by atoms with E-state index in [0.29, 0.717) is 0 Å². The highest BCUT2D eigenvalue weighted by Crippen LogP contribution is 2.35. The molecule has 22 heavy (non-hydrogen) atoms. The number of hydrogen-bond acceptors (Lipinski definition) is 2. The first-order valence-electron chi connectivity index (χ1n) is 7.93. The molecule has 0 bridgehead atoms. The molecule has 1 saturated heterocycles. The zero-order chi connectivity index (χ0) is 15.5. The smallest absolute Gasteiger partial charge is 0.0620 e. The first kappa shape index (κ1) is 15.5. The zero-order valence-corrected chi connectivity index (χ0v) is 14.0. The van der Waals surface area contributed by atoms with Gasteiger partial charge >= 0.3 is 0 Å². The normalized spacial score (nSPS) is 17.4. The predicted molar refractivity (Wildman–Crippen MR) is 93.7 cm³/mol. The van der Waals surface area contributed by atoms with Crippen molar-refractivity contribution in [1.29, 1.82) is 0 Å². The third kappa shape index (κ3) is 3.19. The minimum atomic E-state index is 0.232. The van der Waals surface area contributed by atoms with Crippen LogP contribution in [-0.4, -0.2) is 31.1 Å². The standard InChI is InChI=1S/C19H23ClN2/c1-14-7-8-15(2)17(13-14)19(22-11-9-21-10-12-22)16-5-3-4-6-18(16)20/h3-8,13,19,21H,9-12H2,1-2H3. The maximum Gasteiger partial charge on any atom is 0.0620 e. The van der Waals surface area contributed by atoms with Crippen molar-refractivity contribution >= 4 is 11.6 Å². The summed E-state index contributed by atoms with van der Waals surface area (Å²) in [6.07, 6.45) is 0. The fraction of sp³-hybridized carbons (Fsp3) is 0.368. The second kappa shape index (κ2) is 6.82. The number of nitrogens with one attached hydrogen (secondary N) is 1. The average molecular weight is 315 g/mol. The number of hydrogen-bond donors (Lipinski definition) is 1. The molecule has 1 N–H and O–H groups in total. The molecule has 2 nitrogen and oxygen atoms in total. The van der Waals surface area contributed by atoms with E-state index in [4.69, 9.17) is 11.6 Å². The summed E-state index contributed by atoms with van der Waals surface area (Å²) in [6, 6.07) is 15.2. The Morgan fingerprint density at radius 2 is 1.73 bits per heavy atom. The Bertz CT molecular complexity index is 648. The lowest BCUT2D eigenvalue weighted by atomic mass is 9.92. The molecular weight excluding hydrogens is 292 g/mol. The molecular formula is C19H23ClN2. The monoisotopic (exact) mass is 314 g/mol. The topological polar surface area (TPSA) is 15.3 Å². The van der Waals surface area contributed by atoms with Crippen molar-refractivity contribution in [2.45, 2.75) is 19.9 Å². The Balaban J connectivity index is 2.10. The van der Waals surface area contributed by atoms with Gasteiger partial charge in [-0.1, -0.05) is 53.6 Å². The van der Waals surface area contributed by atoms with Crippen LogP contribution in [0.5, 0.6) is 0 Å². The van der Waals surface area contributed by atoms with Gasteiger partial charge in [-0.15, -0.1) is 0 Å². The quantitative estimate of drug-likeness (QED) is 0.922. The molecule has 0 spiro atoms. The van der Waals surface area contributed by atoms with Crippen molar-refractivity contribution in [3.05, 3.63) is 69.7 Å². The zero-order valence-electron chi connectivity index (χ0n) is 13.3. The van der Waals surface area contributed by atoms with Crippen LogP contribution in [0.15, 0.2) is 42.5 Å². The Labute approximate surface area is 138 Å². The highest BCUT2D eigenvalue weighted by Gasteiger charge is 2.26. The largest absolute Gasteiger partial charge is 0.314 e. The predicted octanol–water partition coefficient (Wildman–Crippen LogP) is 3.95. The maximum absolute atomic E-state index is 6.54. The summed E-state index contributed by atoms with van der Waals surface area (Å²) in [4.78, 5) is 2.54. The van der Waals surface area contributed by atoms with Crippen molar-refractivity contribution in [3.8, 4) is 0 Å². The summed E-state index contributed by atoms with van der Waals surface area (Å²) in [6.45, 7) is 8.51. The van der Waals surface area contributed by atoms with Gasteiger partial charge in [-0.05, 0) is 36.6 Å². The Morgan fingerprint density at radius 3 is 2.45 bits per heavy atom. The van der Waals surface area contributed by atoms with E-state index in [2.05, 4.69) is 54.4 Å². The molecule has 3 rings (SSSR count). The van der Waals surface area contributed by atoms with Gasteiger partial charge in [-0.2, -0.15) is 0 Å². The van der Waals surface area contributed by atoms with Crippen molar-refractivity contribution in [2.75, 3.05) is 26.2 Å². The lowest BCUT2D eigenvalue weighted by molar-refractivity contribution is 0.198. The van der Waals surface area contributed by atoms with Gasteiger partial charge in [-0.25, -0.2) is 0 Å². The first-order chi connectivity index (χ1) is 10.7. The minimum absolute atomic E-state index is 0.232. The summed E-state index contributed by atoms with van der Waals surface area (Å²) in [5, 5.41) is 4.29. The van der Waals surface area contributed by atoms with Crippen LogP contribution >= 0.6 is 11.6 Å². The van der Waals surface area contributed by atoms with Crippen LogP contribution in [0.1, 0.15) is 28.3 Å². The summed E-state index contributed by atoms with van der Waals surface area (Å²) in [5.41, 5.74) is 5.21. The third-order valence-corrected chi connectivity index (χ3v) is 4.79. The second-order valence-electron chi connectivity index (χ2n) is 6.07. The highest BCUT2D eigenvalue weighted by molar-refractivity contribution is 6.31. The van der Waals surface area contributed by atoms with Crippen LogP contribution in [-0.2, 0) is 0 Å². The van der Waals surface area contributed by atoms with Crippen LogP contribution in [0.25, 0.3) is 0 Å². The second-order valence-corrected chi connectivity index (χ2v) is 6.48. The van der Waals surface area contributed by atoms with Crippen LogP contribution < -0.4 is 5.32 Å². The van der Waals surface area contributed by atoms with Gasteiger partial charge in [0.15, 0.2) is 0 Å². The van der Waals surface area contributed by atoms with Crippen molar-refractivity contribution in [2.24, 2.45) is 0 Å². The summed E-state index contributed by atoms with van der Waals surface area (Å²) in [7, 11) is 0. The molecule has 0 radical (unpaired) electrons. The summed E-state index contributed by atoms with van der Waals surface area (Å²) >= 11 is 6.54. The number of benzene rings is 2. The van der Waals surface area contributed by atoms with Crippen LogP contribution in [0, 0.1) is 13.8 Å². The molecule has 0 amide bonds. The van der Waals surface area contributed by atoms with E-state index in [1.54, 1.807) is 0 Å². The average Bonchev–Trinajstić information content (AvgIpc) is 2.54. The number of halogens is 1. The highest BCUT2D eigenvalue weighted by atomic mass is 35.5. The Kier molecular flexibility index (Phi) is 4.82. The van der Waals surface area contributed by atoms with Gasteiger partial charge in [0.2, 0.25) is 0 Å². The van der Waals surface area contributed by atoms with Crippen molar-refractivity contribution < 1.29 is 0 Å². The van der Waals surface area contributed by atoms with Gasteiger partial charge in [0.05, 0.1) is 6.04 Å². The molecule has 1 atom stereocenters. The molecule has 2 aromatic rings. The molecule has 0 aliphatic carbocycles. The van der Waals surface area contributed by atoms with Crippen LogP contribution in [0.2, 0.25) is 5.02 Å². The van der Waals surface area contributed by atoms with E-state index < -0.39 is 0 Å². The number of nitrogens with zero attached hydrogens (tertiary/aromatic N) is 1. The van der Waals surface area contributed by atoms with Gasteiger partial charge in [0.1, 0.15) is 0 Å². The third-order valence-electron chi connectivity index (χ3n) is 4.45. The van der Waals surface area contributed by atoms with Gasteiger partial charge in [0, 0.05) is 31.2 Å². The number of aryl methyl sites for hydroxylation is 2. The fourth-order valence-electron chi connectivity index (χ4n) is 3.25. The van der Waals surface area contributed by atoms with Crippen molar-refractivity contribution in [1.82, 2.24) is 10.2 Å². The molecule has 1 aliphatic rings. The lowest BCUT2D eigenvalue weighted by Gasteiger charge is -2.36. The van der Waals surface area contributed by atoms with Crippen LogP contribution in [0.3, 0.4) is 0 Å². The fourth-order valence-corrected chi connectivity index (χ4v) is 3.49. The van der Waals surface area contributed by atoms with E-state index >= 15 is 0 Å². The van der Waals surface area contributed by atoms with E-state index in [0.717, 1.165) is 31.2 Å². The van der Waals surface area contributed by atoms with Crippen LogP contribution in [0.4, 0.5) is 0 Å². The molecule has 1 aliphatic heterocycles. The molecule has 2 aromatic carbocycles. The number of rotatable bonds is 3. The molecule has 3 heteroatoms. The van der Waals surface area contributed by atoms with Gasteiger partial charge in [0.25, 0.3) is 0 Å². The lowest BCUT2D eigenvalue weighted by Crippen LogP contribution is -2.45. The SMILES string of the molecule is Cc1ccc(C)c(C(c2ccccc2Cl)N2CCNCC2)c1. The number of piperazine rings is 1. The van der Waals surface area contributed by atoms with Crippen molar-refractivity contribution in [3.63, 3.8) is 0 Å². The molecule has 0 aromatic heterocycles. The molecule has 0 saturated carbocycles. The molecule has 1 fully saturated rings. The first-order valence-corrected chi connectivity index (χ1v) is 8.31. The molecule has 116 valence electrons. The van der Waals surface area contributed by atoms with E-state index in [9.17, 15) is 0 Å². The maximum atomic E-state index is 6.54. The van der Waals surface area contributed by atoms with E-state index in [1.165, 1.54) is 22.3 Å². The molecule has 1 heterocycles. The molecule has 1 unspecified atom stereocenters. The van der Waals surface area contributed by atoms with Gasteiger partial charge in [-0.3, -0.25) is 4.90 Å². The van der Waals surface area contributed by atoms with Gasteiger partial charge < -0.3 is 5.32 Å². The van der Waals surface area contributed by atoms with E-state index in [-0.39, 0.29) is 6.04 Å². The summed E-state index contributed by atoms with van der Waals surface area (Å²) in [5.74, 6) is 0. The summed E-state index contributed by atoms with van der Waals surface area (Å²) < 4.78 is 0. The Morgan fingerprint density at radius 1 is 1.00 bits per heavy atom.